The number of thioether (sulfide) groups is 1. The number of ether oxygens (including phenoxy) is 1. The van der Waals surface area contributed by atoms with E-state index < -0.39 is 17.6 Å². The van der Waals surface area contributed by atoms with E-state index in [4.69, 9.17) is 4.74 Å². The number of carbonyl (C=O) groups is 4. The maximum atomic E-state index is 13.0. The van der Waals surface area contributed by atoms with Crippen LogP contribution in [0.25, 0.3) is 5.69 Å². The standard InChI is InChI=1S/C22H24N6O5S/c1-22(12-34-7-6-33-22)11-23-19(30)16-10-28(26-25-16)14-3-2-13-9-27(21(32)15(13)8-14)17-4-5-18(29)24-20(17)31/h2-3,8,10,17H,4-7,9,11-12H2,1H3,(H,23,30)(H,24,29,31). The highest BCUT2D eigenvalue weighted by Gasteiger charge is 2.39. The predicted octanol–water partition coefficient (Wildman–Crippen LogP) is 0.280. The van der Waals surface area contributed by atoms with E-state index in [1.54, 1.807) is 30.0 Å². The average molecular weight is 485 g/mol. The first-order valence-electron chi connectivity index (χ1n) is 11.0. The summed E-state index contributed by atoms with van der Waals surface area (Å²) < 4.78 is 7.23. The SMILES string of the molecule is CC1(CNC(=O)c2cn(-c3ccc4c(c3)C(=O)N(C3CCC(=O)NC3=O)C4)nn2)CSCCO1. The monoisotopic (exact) mass is 484 g/mol. The largest absolute Gasteiger partial charge is 0.372 e. The van der Waals surface area contributed by atoms with Crippen LogP contribution < -0.4 is 10.6 Å². The first-order chi connectivity index (χ1) is 16.3. The van der Waals surface area contributed by atoms with Crippen LogP contribution in [0.15, 0.2) is 24.4 Å². The summed E-state index contributed by atoms with van der Waals surface area (Å²) in [4.78, 5) is 50.7. The number of fused-ring (bicyclic) bond motifs is 1. The normalized spacial score (nSPS) is 24.7. The number of aromatic nitrogens is 3. The highest BCUT2D eigenvalue weighted by molar-refractivity contribution is 7.99. The molecule has 3 aliphatic heterocycles. The number of amides is 4. The van der Waals surface area contributed by atoms with Gasteiger partial charge in [0.2, 0.25) is 11.8 Å². The van der Waals surface area contributed by atoms with Gasteiger partial charge in [-0.1, -0.05) is 11.3 Å². The van der Waals surface area contributed by atoms with Crippen LogP contribution in [0, 0.1) is 0 Å². The average Bonchev–Trinajstić information content (AvgIpc) is 3.43. The first kappa shape index (κ1) is 22.5. The third kappa shape index (κ3) is 4.30. The predicted molar refractivity (Wildman–Crippen MR) is 121 cm³/mol. The number of nitrogens with zero attached hydrogens (tertiary/aromatic N) is 4. The minimum absolute atomic E-state index is 0.157. The lowest BCUT2D eigenvalue weighted by Crippen LogP contribution is -2.52. The molecular weight excluding hydrogens is 460 g/mol. The third-order valence-corrected chi connectivity index (χ3v) is 7.48. The number of piperidine rings is 1. The molecule has 4 heterocycles. The van der Waals surface area contributed by atoms with Crippen LogP contribution in [0.1, 0.15) is 46.2 Å². The number of hydrogen-bond donors (Lipinski definition) is 2. The Kier molecular flexibility index (Phi) is 5.86. The van der Waals surface area contributed by atoms with Crippen molar-refractivity contribution in [3.63, 3.8) is 0 Å². The van der Waals surface area contributed by atoms with Crippen molar-refractivity contribution in [2.45, 2.75) is 38.0 Å². The van der Waals surface area contributed by atoms with Crippen molar-refractivity contribution in [1.29, 1.82) is 0 Å². The van der Waals surface area contributed by atoms with E-state index in [1.807, 2.05) is 6.92 Å². The van der Waals surface area contributed by atoms with Gasteiger partial charge in [0.1, 0.15) is 6.04 Å². The van der Waals surface area contributed by atoms with Gasteiger partial charge in [0.15, 0.2) is 5.69 Å². The molecular formula is C22H24N6O5S. The van der Waals surface area contributed by atoms with Crippen molar-refractivity contribution in [2.24, 2.45) is 0 Å². The van der Waals surface area contributed by atoms with Gasteiger partial charge >= 0.3 is 0 Å². The minimum atomic E-state index is -0.670. The van der Waals surface area contributed by atoms with Crippen molar-refractivity contribution < 1.29 is 23.9 Å². The zero-order chi connectivity index (χ0) is 23.9. The fourth-order valence-corrected chi connectivity index (χ4v) is 5.28. The topological polar surface area (TPSA) is 136 Å². The summed E-state index contributed by atoms with van der Waals surface area (Å²) in [6.45, 7) is 3.29. The van der Waals surface area contributed by atoms with Crippen molar-refractivity contribution in [1.82, 2.24) is 30.5 Å². The second kappa shape index (κ2) is 8.84. The zero-order valence-electron chi connectivity index (χ0n) is 18.6. The molecule has 0 bridgehead atoms. The maximum Gasteiger partial charge on any atom is 0.273 e. The number of carbonyl (C=O) groups excluding carboxylic acids is 4. The maximum absolute atomic E-state index is 13.0. The summed E-state index contributed by atoms with van der Waals surface area (Å²) in [6.07, 6.45) is 2.02. The molecule has 0 spiro atoms. The molecule has 0 aliphatic carbocycles. The van der Waals surface area contributed by atoms with Gasteiger partial charge in [-0.2, -0.15) is 11.8 Å². The van der Waals surface area contributed by atoms with E-state index >= 15 is 0 Å². The second-order valence-electron chi connectivity index (χ2n) is 8.82. The van der Waals surface area contributed by atoms with E-state index in [0.29, 0.717) is 37.4 Å². The van der Waals surface area contributed by atoms with E-state index in [9.17, 15) is 19.2 Å². The quantitative estimate of drug-likeness (QED) is 0.578. The summed E-state index contributed by atoms with van der Waals surface area (Å²) in [5.41, 5.74) is 1.56. The van der Waals surface area contributed by atoms with E-state index in [-0.39, 0.29) is 29.8 Å². The van der Waals surface area contributed by atoms with Gasteiger partial charge in [-0.05, 0) is 31.0 Å². The zero-order valence-corrected chi connectivity index (χ0v) is 19.4. The number of rotatable bonds is 5. The number of hydrogen-bond acceptors (Lipinski definition) is 8. The van der Waals surface area contributed by atoms with Gasteiger partial charge in [0.25, 0.3) is 11.8 Å². The molecule has 0 radical (unpaired) electrons. The van der Waals surface area contributed by atoms with Crippen molar-refractivity contribution in [3.05, 3.63) is 41.2 Å². The van der Waals surface area contributed by atoms with Crippen molar-refractivity contribution in [2.75, 3.05) is 24.7 Å². The molecule has 0 saturated carbocycles. The van der Waals surface area contributed by atoms with E-state index in [2.05, 4.69) is 20.9 Å². The van der Waals surface area contributed by atoms with Crippen LogP contribution in [0.4, 0.5) is 0 Å². The lowest BCUT2D eigenvalue weighted by molar-refractivity contribution is -0.136. The van der Waals surface area contributed by atoms with Gasteiger partial charge in [-0.3, -0.25) is 24.5 Å². The van der Waals surface area contributed by atoms with Gasteiger partial charge in [0.05, 0.1) is 24.1 Å². The molecule has 2 saturated heterocycles. The molecule has 1 aromatic heterocycles. The van der Waals surface area contributed by atoms with Crippen LogP contribution >= 0.6 is 11.8 Å². The van der Waals surface area contributed by atoms with Gasteiger partial charge in [0, 0.05) is 36.6 Å². The van der Waals surface area contributed by atoms with E-state index in [0.717, 1.165) is 17.1 Å². The van der Waals surface area contributed by atoms with Crippen molar-refractivity contribution in [3.8, 4) is 5.69 Å². The molecule has 178 valence electrons. The molecule has 2 unspecified atom stereocenters. The second-order valence-corrected chi connectivity index (χ2v) is 9.93. The fourth-order valence-electron chi connectivity index (χ4n) is 4.32. The Labute approximate surface area is 199 Å². The lowest BCUT2D eigenvalue weighted by atomic mass is 10.0. The molecule has 2 aromatic rings. The Morgan fingerprint density at radius 1 is 1.35 bits per heavy atom. The van der Waals surface area contributed by atoms with Crippen molar-refractivity contribution >= 4 is 35.4 Å². The third-order valence-electron chi connectivity index (χ3n) is 6.21. The molecule has 2 N–H and O–H groups in total. The number of benzene rings is 1. The van der Waals surface area contributed by atoms with Gasteiger partial charge in [-0.25, -0.2) is 4.68 Å². The number of imide groups is 1. The van der Waals surface area contributed by atoms with Crippen LogP contribution in [0.2, 0.25) is 0 Å². The first-order valence-corrected chi connectivity index (χ1v) is 12.2. The minimum Gasteiger partial charge on any atom is -0.372 e. The Balaban J connectivity index is 1.27. The summed E-state index contributed by atoms with van der Waals surface area (Å²) in [5.74, 6) is 0.357. The molecule has 4 amide bonds. The Hall–Kier alpha value is -3.25. The smallest absolute Gasteiger partial charge is 0.273 e. The summed E-state index contributed by atoms with van der Waals surface area (Å²) in [7, 11) is 0. The molecule has 1 aromatic carbocycles. The van der Waals surface area contributed by atoms with E-state index in [1.165, 1.54) is 15.8 Å². The molecule has 12 heteroatoms. The van der Waals surface area contributed by atoms with Gasteiger partial charge in [-0.15, -0.1) is 5.10 Å². The highest BCUT2D eigenvalue weighted by atomic mass is 32.2. The summed E-state index contributed by atoms with van der Waals surface area (Å²) in [5, 5.41) is 13.2. The molecule has 5 rings (SSSR count). The highest BCUT2D eigenvalue weighted by Crippen LogP contribution is 2.29. The Bertz CT molecular complexity index is 1170. The molecule has 11 nitrogen and oxygen atoms in total. The number of nitrogens with one attached hydrogen (secondary N) is 2. The Morgan fingerprint density at radius 3 is 2.97 bits per heavy atom. The van der Waals surface area contributed by atoms with Gasteiger partial charge < -0.3 is 15.0 Å². The summed E-state index contributed by atoms with van der Waals surface area (Å²) >= 11 is 1.79. The molecule has 2 atom stereocenters. The van der Waals surface area contributed by atoms with Crippen LogP contribution in [0.5, 0.6) is 0 Å². The fraction of sp³-hybridized carbons (Fsp3) is 0.455. The molecule has 2 fully saturated rings. The lowest BCUT2D eigenvalue weighted by Gasteiger charge is -2.33. The van der Waals surface area contributed by atoms with Crippen LogP contribution in [-0.2, 0) is 20.9 Å². The molecule has 3 aliphatic rings. The van der Waals surface area contributed by atoms with Crippen LogP contribution in [0.3, 0.4) is 0 Å². The summed E-state index contributed by atoms with van der Waals surface area (Å²) in [6, 6.07) is 4.59. The molecule has 34 heavy (non-hydrogen) atoms. The van der Waals surface area contributed by atoms with Crippen LogP contribution in [-0.4, -0.2) is 79.8 Å². The Morgan fingerprint density at radius 2 is 2.21 bits per heavy atom.